The minimum atomic E-state index is 0. The predicted octanol–water partition coefficient (Wildman–Crippen LogP) is 8.87. The van der Waals surface area contributed by atoms with Gasteiger partial charge in [-0.2, -0.15) is 0 Å². The van der Waals surface area contributed by atoms with Crippen LogP contribution in [-0.2, 0) is 12.8 Å². The molecule has 0 aromatic heterocycles. The number of ketones is 1. The summed E-state index contributed by atoms with van der Waals surface area (Å²) in [5.41, 5.74) is 6.12. The normalized spacial score (nSPS) is 11.8. The lowest BCUT2D eigenvalue weighted by molar-refractivity contribution is 0.102. The van der Waals surface area contributed by atoms with Crippen molar-refractivity contribution in [2.75, 3.05) is 0 Å². The molecule has 0 spiro atoms. The van der Waals surface area contributed by atoms with E-state index >= 15 is 0 Å². The van der Waals surface area contributed by atoms with Crippen molar-refractivity contribution in [3.05, 3.63) is 94.6 Å². The van der Waals surface area contributed by atoms with E-state index in [4.69, 9.17) is 6.42 Å². The van der Waals surface area contributed by atoms with Crippen LogP contribution >= 0.6 is 0 Å². The molecular weight excluding hydrogens is 400 g/mol. The summed E-state index contributed by atoms with van der Waals surface area (Å²) in [7, 11) is 0. The lowest BCUT2D eigenvalue weighted by Gasteiger charge is -2.21. The molecule has 0 aliphatic carbocycles. The van der Waals surface area contributed by atoms with Crippen molar-refractivity contribution in [3.63, 3.8) is 0 Å². The Kier molecular flexibility index (Phi) is 8.67. The summed E-state index contributed by atoms with van der Waals surface area (Å²) in [6.07, 6.45) is 12.7. The number of aryl methyl sites for hydroxylation is 2. The zero-order valence-electron chi connectivity index (χ0n) is 20.4. The number of carbonyl (C=O) groups excluding carboxylic acids is 1. The largest absolute Gasteiger partial charge is 0.289 e. The maximum absolute atomic E-state index is 13.3. The van der Waals surface area contributed by atoms with Gasteiger partial charge in [-0.15, -0.1) is 12.3 Å². The smallest absolute Gasteiger partial charge is 0.188 e. The van der Waals surface area contributed by atoms with Crippen LogP contribution in [0.15, 0.2) is 66.7 Å². The summed E-state index contributed by atoms with van der Waals surface area (Å²) in [5, 5.41) is 2.55. The van der Waals surface area contributed by atoms with Crippen LogP contribution in [0.4, 0.5) is 0 Å². The Morgan fingerprint density at radius 2 is 1.88 bits per heavy atom. The highest BCUT2D eigenvalue weighted by Crippen LogP contribution is 2.34. The van der Waals surface area contributed by atoms with Gasteiger partial charge in [0.2, 0.25) is 0 Å². The Morgan fingerprint density at radius 1 is 1.09 bits per heavy atom. The number of unbranched alkanes of at least 4 members (excludes halogenated alkanes) is 3. The summed E-state index contributed by atoms with van der Waals surface area (Å²) in [6.45, 7) is 10.7. The molecule has 1 nitrogen and oxygen atoms in total. The number of rotatable bonds is 11. The molecule has 0 aliphatic heterocycles. The molecule has 33 heavy (non-hydrogen) atoms. The lowest BCUT2D eigenvalue weighted by atomic mass is 9.83. The number of benzene rings is 3. The molecule has 3 aromatic rings. The van der Waals surface area contributed by atoms with Gasteiger partial charge >= 0.3 is 0 Å². The van der Waals surface area contributed by atoms with Crippen LogP contribution in [0.3, 0.4) is 0 Å². The molecule has 0 fully saturated rings. The number of hydrogen-bond donors (Lipinski definition) is 0. The van der Waals surface area contributed by atoms with Gasteiger partial charge in [-0.1, -0.05) is 88.2 Å². The second-order valence-electron chi connectivity index (χ2n) is 9.24. The summed E-state index contributed by atoms with van der Waals surface area (Å²) in [4.78, 5) is 13.3. The fourth-order valence-corrected chi connectivity index (χ4v) is 4.78. The van der Waals surface area contributed by atoms with Crippen molar-refractivity contribution in [3.8, 4) is 12.3 Å². The van der Waals surface area contributed by atoms with Crippen LogP contribution < -0.4 is 0 Å². The van der Waals surface area contributed by atoms with E-state index in [0.29, 0.717) is 18.4 Å². The molecule has 0 amide bonds. The van der Waals surface area contributed by atoms with Crippen LogP contribution in [-0.4, -0.2) is 5.78 Å². The predicted molar refractivity (Wildman–Crippen MR) is 146 cm³/mol. The molecule has 0 heterocycles. The summed E-state index contributed by atoms with van der Waals surface area (Å²) < 4.78 is 0. The molecule has 0 radical (unpaired) electrons. The molecular formula is C32H40O. The Balaban J connectivity index is 0.00000306. The van der Waals surface area contributed by atoms with Crippen molar-refractivity contribution >= 4 is 16.6 Å². The Labute approximate surface area is 202 Å². The van der Waals surface area contributed by atoms with E-state index in [1.54, 1.807) is 0 Å². The van der Waals surface area contributed by atoms with Crippen molar-refractivity contribution in [2.45, 2.75) is 71.6 Å². The molecule has 0 saturated carbocycles. The van der Waals surface area contributed by atoms with Crippen molar-refractivity contribution in [2.24, 2.45) is 0 Å². The fraction of sp³-hybridized carbons (Fsp3) is 0.344. The van der Waals surface area contributed by atoms with Gasteiger partial charge in [0, 0.05) is 14.8 Å². The average Bonchev–Trinajstić information content (AvgIpc) is 2.82. The lowest BCUT2D eigenvalue weighted by Crippen LogP contribution is -2.10. The number of fused-ring (bicyclic) bond motifs is 1. The molecule has 0 unspecified atom stereocenters. The maximum Gasteiger partial charge on any atom is 0.188 e. The molecule has 0 saturated heterocycles. The quantitative estimate of drug-likeness (QED) is 0.126. The molecule has 3 rings (SSSR count). The van der Waals surface area contributed by atoms with Gasteiger partial charge in [-0.3, -0.25) is 4.79 Å². The van der Waals surface area contributed by atoms with Gasteiger partial charge in [-0.25, -0.2) is 0 Å². The second-order valence-corrected chi connectivity index (χ2v) is 9.24. The molecule has 0 aliphatic rings. The third-order valence-corrected chi connectivity index (χ3v) is 6.58. The van der Waals surface area contributed by atoms with Crippen LogP contribution in [0.5, 0.6) is 0 Å². The van der Waals surface area contributed by atoms with E-state index in [0.717, 1.165) is 23.1 Å². The van der Waals surface area contributed by atoms with Gasteiger partial charge in [0.15, 0.2) is 5.78 Å². The SMILES string of the molecule is C#CCc1ccc(C)c(C(=O)C(=C)C[C@H](C)c2c(CCCCCC)ccc3ccccc23)c1.[HH].[HH]. The zero-order chi connectivity index (χ0) is 23.8. The number of terminal acetylenes is 1. The van der Waals surface area contributed by atoms with Crippen LogP contribution in [0, 0.1) is 19.3 Å². The molecule has 174 valence electrons. The van der Waals surface area contributed by atoms with Crippen LogP contribution in [0.25, 0.3) is 10.8 Å². The molecule has 3 aromatic carbocycles. The highest BCUT2D eigenvalue weighted by molar-refractivity contribution is 6.09. The minimum Gasteiger partial charge on any atom is -0.289 e. The number of carbonyl (C=O) groups is 1. The molecule has 0 N–H and O–H groups in total. The number of Topliss-reactive ketones (excluding diaryl/α,β-unsaturated/α-hetero) is 1. The molecule has 1 heteroatoms. The van der Waals surface area contributed by atoms with Crippen LogP contribution in [0.1, 0.15) is 87.3 Å². The third-order valence-electron chi connectivity index (χ3n) is 6.58. The summed E-state index contributed by atoms with van der Waals surface area (Å²) >= 11 is 0. The van der Waals surface area contributed by atoms with E-state index in [-0.39, 0.29) is 14.6 Å². The topological polar surface area (TPSA) is 17.1 Å². The van der Waals surface area contributed by atoms with E-state index in [1.165, 1.54) is 47.6 Å². The van der Waals surface area contributed by atoms with E-state index in [9.17, 15) is 4.79 Å². The molecule has 1 atom stereocenters. The van der Waals surface area contributed by atoms with Crippen molar-refractivity contribution < 1.29 is 7.65 Å². The van der Waals surface area contributed by atoms with Gasteiger partial charge in [0.05, 0.1) is 0 Å². The molecule has 0 bridgehead atoms. The Bertz CT molecular complexity index is 1190. The summed E-state index contributed by atoms with van der Waals surface area (Å²) in [5.74, 6) is 2.91. The third kappa shape index (κ3) is 6.02. The highest BCUT2D eigenvalue weighted by atomic mass is 16.1. The van der Waals surface area contributed by atoms with Gasteiger partial charge in [0.1, 0.15) is 0 Å². The first-order valence-electron chi connectivity index (χ1n) is 12.2. The first kappa shape index (κ1) is 24.5. The maximum atomic E-state index is 13.3. The Morgan fingerprint density at radius 3 is 2.64 bits per heavy atom. The van der Waals surface area contributed by atoms with E-state index in [1.807, 2.05) is 25.1 Å². The number of allylic oxidation sites excluding steroid dienone is 1. The highest BCUT2D eigenvalue weighted by Gasteiger charge is 2.20. The Hall–Kier alpha value is -3.11. The van der Waals surface area contributed by atoms with Crippen LogP contribution in [0.2, 0.25) is 0 Å². The number of hydrogen-bond acceptors (Lipinski definition) is 1. The minimum absolute atomic E-state index is 0. The first-order valence-corrected chi connectivity index (χ1v) is 12.2. The van der Waals surface area contributed by atoms with Crippen molar-refractivity contribution in [1.29, 1.82) is 0 Å². The monoisotopic (exact) mass is 440 g/mol. The average molecular weight is 441 g/mol. The standard InChI is InChI=1S/C32H36O.2H2/c1-6-8-9-10-15-28-20-19-27-14-11-12-16-29(27)31(28)24(4)21-25(5)32(33)30-22-26(13-7-2)18-17-23(30)3;;/h2,11-12,14,16-20,22,24H,5-6,8-10,13,15,21H2,1,3-4H3;2*1H/t24-;;/m0../s1. The first-order chi connectivity index (χ1) is 16.0. The second kappa shape index (κ2) is 11.7. The van der Waals surface area contributed by atoms with Gasteiger partial charge in [0.25, 0.3) is 0 Å². The fourth-order valence-electron chi connectivity index (χ4n) is 4.78. The summed E-state index contributed by atoms with van der Waals surface area (Å²) in [6, 6.07) is 19.0. The van der Waals surface area contributed by atoms with Gasteiger partial charge < -0.3 is 0 Å². The van der Waals surface area contributed by atoms with Gasteiger partial charge in [-0.05, 0) is 76.8 Å². The van der Waals surface area contributed by atoms with E-state index in [2.05, 4.69) is 62.7 Å². The zero-order valence-corrected chi connectivity index (χ0v) is 20.4. The van der Waals surface area contributed by atoms with E-state index < -0.39 is 0 Å². The van der Waals surface area contributed by atoms with Crippen molar-refractivity contribution in [1.82, 2.24) is 0 Å².